The van der Waals surface area contributed by atoms with Crippen LogP contribution in [0.2, 0.25) is 0 Å². The van der Waals surface area contributed by atoms with Gasteiger partial charge in [-0.25, -0.2) is 4.39 Å². The molecule has 0 bridgehead atoms. The van der Waals surface area contributed by atoms with Crippen LogP contribution in [0.1, 0.15) is 25.8 Å². The van der Waals surface area contributed by atoms with Crippen molar-refractivity contribution in [1.82, 2.24) is 4.31 Å². The first kappa shape index (κ1) is 18.7. The van der Waals surface area contributed by atoms with E-state index in [9.17, 15) is 17.6 Å². The molecule has 1 amide bonds. The van der Waals surface area contributed by atoms with Crippen molar-refractivity contribution in [3.05, 3.63) is 29.6 Å². The zero-order chi connectivity index (χ0) is 18.1. The molecule has 2 rings (SSSR count). The van der Waals surface area contributed by atoms with Gasteiger partial charge in [-0.2, -0.15) is 12.7 Å². The highest BCUT2D eigenvalue weighted by atomic mass is 32.2. The molecule has 1 aliphatic heterocycles. The summed E-state index contributed by atoms with van der Waals surface area (Å²) in [6, 6.07) is 4.25. The van der Waals surface area contributed by atoms with E-state index in [2.05, 4.69) is 0 Å². The first-order valence-electron chi connectivity index (χ1n) is 7.96. The van der Waals surface area contributed by atoms with E-state index in [1.807, 2.05) is 13.8 Å². The fourth-order valence-corrected chi connectivity index (χ4v) is 4.61. The zero-order valence-corrected chi connectivity index (χ0v) is 15.0. The number of rotatable bonds is 6. The van der Waals surface area contributed by atoms with Gasteiger partial charge in [0.15, 0.2) is 0 Å². The van der Waals surface area contributed by atoms with E-state index in [1.54, 1.807) is 6.92 Å². The first-order chi connectivity index (χ1) is 11.1. The van der Waals surface area contributed by atoms with Gasteiger partial charge < -0.3 is 5.73 Å². The fourth-order valence-electron chi connectivity index (χ4n) is 2.76. The van der Waals surface area contributed by atoms with E-state index in [0.29, 0.717) is 17.7 Å². The Hall–Kier alpha value is -1.67. The maximum atomic E-state index is 13.5. The van der Waals surface area contributed by atoms with Crippen LogP contribution in [0.3, 0.4) is 0 Å². The van der Waals surface area contributed by atoms with Crippen molar-refractivity contribution in [3.63, 3.8) is 0 Å². The Morgan fingerprint density at radius 3 is 2.62 bits per heavy atom. The lowest BCUT2D eigenvalue weighted by atomic mass is 10.1. The van der Waals surface area contributed by atoms with Crippen molar-refractivity contribution in [2.45, 2.75) is 27.2 Å². The molecule has 1 aliphatic rings. The van der Waals surface area contributed by atoms with Crippen LogP contribution in [-0.2, 0) is 15.0 Å². The van der Waals surface area contributed by atoms with Gasteiger partial charge in [0.25, 0.3) is 0 Å². The number of aryl methyl sites for hydroxylation is 1. The molecule has 1 aromatic carbocycles. The Morgan fingerprint density at radius 1 is 1.46 bits per heavy atom. The summed E-state index contributed by atoms with van der Waals surface area (Å²) in [5.41, 5.74) is 6.10. The second kappa shape index (κ2) is 7.06. The molecular formula is C16H24FN3O3S. The molecule has 1 fully saturated rings. The Balaban J connectivity index is 2.36. The molecule has 24 heavy (non-hydrogen) atoms. The summed E-state index contributed by atoms with van der Waals surface area (Å²) >= 11 is 0. The molecule has 1 saturated heterocycles. The lowest BCUT2D eigenvalue weighted by molar-refractivity contribution is -0.121. The summed E-state index contributed by atoms with van der Waals surface area (Å²) in [6.07, 6.45) is 0.423. The van der Waals surface area contributed by atoms with Gasteiger partial charge in [-0.3, -0.25) is 9.10 Å². The number of halogens is 1. The summed E-state index contributed by atoms with van der Waals surface area (Å²) < 4.78 is 42.2. The molecule has 0 spiro atoms. The third-order valence-corrected chi connectivity index (χ3v) is 6.02. The second-order valence-corrected chi connectivity index (χ2v) is 8.47. The van der Waals surface area contributed by atoms with Gasteiger partial charge in [-0.15, -0.1) is 0 Å². The number of carbonyl (C=O) groups is 1. The Labute approximate surface area is 142 Å². The average Bonchev–Trinajstić information content (AvgIpc) is 2.98. The van der Waals surface area contributed by atoms with Crippen molar-refractivity contribution in [1.29, 1.82) is 0 Å². The molecule has 1 unspecified atom stereocenters. The molecule has 0 aliphatic carbocycles. The molecule has 0 saturated carbocycles. The third-order valence-electron chi connectivity index (χ3n) is 4.12. The highest BCUT2D eigenvalue weighted by Crippen LogP contribution is 2.27. The van der Waals surface area contributed by atoms with Gasteiger partial charge in [0, 0.05) is 19.6 Å². The smallest absolute Gasteiger partial charge is 0.304 e. The average molecular weight is 357 g/mol. The summed E-state index contributed by atoms with van der Waals surface area (Å²) in [7, 11) is -3.81. The van der Waals surface area contributed by atoms with Crippen molar-refractivity contribution in [2.24, 2.45) is 17.6 Å². The molecule has 8 heteroatoms. The molecule has 1 heterocycles. The second-order valence-electron chi connectivity index (χ2n) is 6.61. The van der Waals surface area contributed by atoms with Gasteiger partial charge in [0.1, 0.15) is 5.82 Å². The summed E-state index contributed by atoms with van der Waals surface area (Å²) in [6.45, 7) is 6.03. The lowest BCUT2D eigenvalue weighted by Crippen LogP contribution is -2.45. The number of hydrogen-bond donors (Lipinski definition) is 1. The number of nitrogens with two attached hydrogens (primary N) is 1. The zero-order valence-electron chi connectivity index (χ0n) is 14.2. The number of carbonyl (C=O) groups excluding carboxylic acids is 1. The minimum Gasteiger partial charge on any atom is -0.369 e. The maximum Gasteiger partial charge on any atom is 0.304 e. The van der Waals surface area contributed by atoms with E-state index in [-0.39, 0.29) is 31.4 Å². The Kier molecular flexibility index (Phi) is 5.49. The first-order valence-corrected chi connectivity index (χ1v) is 9.36. The van der Waals surface area contributed by atoms with Gasteiger partial charge in [-0.05, 0) is 43.0 Å². The van der Waals surface area contributed by atoms with Crippen LogP contribution < -0.4 is 10.0 Å². The standard InChI is InChI=1S/C16H24FN3O3S/c1-11(2)9-20(14-4-5-15(17)12(3)8-14)24(22,23)19-7-6-13(10-19)16(18)21/h4-5,8,11,13H,6-7,9-10H2,1-3H3,(H2,18,21). The molecule has 6 nitrogen and oxygen atoms in total. The van der Waals surface area contributed by atoms with E-state index < -0.39 is 22.0 Å². The van der Waals surface area contributed by atoms with Crippen LogP contribution in [0.5, 0.6) is 0 Å². The van der Waals surface area contributed by atoms with Crippen molar-refractivity contribution < 1.29 is 17.6 Å². The number of hydrogen-bond acceptors (Lipinski definition) is 3. The van der Waals surface area contributed by atoms with Gasteiger partial charge in [-0.1, -0.05) is 13.8 Å². The van der Waals surface area contributed by atoms with Crippen LogP contribution >= 0.6 is 0 Å². The molecular weight excluding hydrogens is 333 g/mol. The predicted molar refractivity (Wildman–Crippen MR) is 91.1 cm³/mol. The van der Waals surface area contributed by atoms with Crippen LogP contribution in [0.15, 0.2) is 18.2 Å². The highest BCUT2D eigenvalue weighted by Gasteiger charge is 2.38. The SMILES string of the molecule is Cc1cc(N(CC(C)C)S(=O)(=O)N2CCC(C(N)=O)C2)ccc1F. The van der Waals surface area contributed by atoms with E-state index in [4.69, 9.17) is 5.73 Å². The number of amides is 1. The van der Waals surface area contributed by atoms with Gasteiger partial charge >= 0.3 is 10.2 Å². The van der Waals surface area contributed by atoms with Crippen LogP contribution in [0.25, 0.3) is 0 Å². The fraction of sp³-hybridized carbons (Fsp3) is 0.562. The van der Waals surface area contributed by atoms with Crippen molar-refractivity contribution in [2.75, 3.05) is 23.9 Å². The van der Waals surface area contributed by atoms with Crippen LogP contribution in [0, 0.1) is 24.6 Å². The van der Waals surface area contributed by atoms with Crippen molar-refractivity contribution >= 4 is 21.8 Å². The minimum absolute atomic E-state index is 0.0830. The number of benzene rings is 1. The Morgan fingerprint density at radius 2 is 2.12 bits per heavy atom. The molecule has 134 valence electrons. The molecule has 1 atom stereocenters. The number of primary amides is 1. The maximum absolute atomic E-state index is 13.5. The topological polar surface area (TPSA) is 83.7 Å². The molecule has 1 aromatic rings. The van der Waals surface area contributed by atoms with Crippen LogP contribution in [-0.4, -0.2) is 38.3 Å². The molecule has 2 N–H and O–H groups in total. The van der Waals surface area contributed by atoms with E-state index in [1.165, 1.54) is 26.8 Å². The number of anilines is 1. The molecule has 0 radical (unpaired) electrons. The lowest BCUT2D eigenvalue weighted by Gasteiger charge is -2.30. The predicted octanol–water partition coefficient (Wildman–Crippen LogP) is 1.65. The summed E-state index contributed by atoms with van der Waals surface area (Å²) in [5.74, 6) is -1.24. The van der Waals surface area contributed by atoms with E-state index in [0.717, 1.165) is 0 Å². The minimum atomic E-state index is -3.81. The Bertz CT molecular complexity index is 721. The molecule has 0 aromatic heterocycles. The third kappa shape index (κ3) is 3.87. The van der Waals surface area contributed by atoms with E-state index >= 15 is 0 Å². The van der Waals surface area contributed by atoms with Gasteiger partial charge in [0.05, 0.1) is 11.6 Å². The van der Waals surface area contributed by atoms with Crippen LogP contribution in [0.4, 0.5) is 10.1 Å². The highest BCUT2D eigenvalue weighted by molar-refractivity contribution is 7.90. The quantitative estimate of drug-likeness (QED) is 0.840. The number of nitrogens with zero attached hydrogens (tertiary/aromatic N) is 2. The summed E-state index contributed by atoms with van der Waals surface area (Å²) in [4.78, 5) is 11.3. The van der Waals surface area contributed by atoms with Gasteiger partial charge in [0.2, 0.25) is 5.91 Å². The summed E-state index contributed by atoms with van der Waals surface area (Å²) in [5, 5.41) is 0. The largest absolute Gasteiger partial charge is 0.369 e. The van der Waals surface area contributed by atoms with Crippen molar-refractivity contribution in [3.8, 4) is 0 Å². The monoisotopic (exact) mass is 357 g/mol. The normalized spacial score (nSPS) is 19.0.